The highest BCUT2D eigenvalue weighted by atomic mass is 32.1. The molecule has 1 atom stereocenters. The smallest absolute Gasteiger partial charge is 0.261 e. The molecular formula is C9H13NO3S. The van der Waals surface area contributed by atoms with Crippen molar-refractivity contribution >= 4 is 17.2 Å². The molecule has 0 saturated carbocycles. The van der Waals surface area contributed by atoms with E-state index in [-0.39, 0.29) is 12.5 Å². The van der Waals surface area contributed by atoms with Crippen LogP contribution in [0, 0.1) is 0 Å². The molecule has 0 aromatic carbocycles. The molecule has 5 heteroatoms. The second kappa shape index (κ2) is 4.97. The molecule has 0 aliphatic rings. The molecule has 14 heavy (non-hydrogen) atoms. The van der Waals surface area contributed by atoms with E-state index in [1.54, 1.807) is 25.5 Å². The zero-order chi connectivity index (χ0) is 10.6. The summed E-state index contributed by atoms with van der Waals surface area (Å²) in [6, 6.07) is 1.67. The third kappa shape index (κ3) is 3.01. The summed E-state index contributed by atoms with van der Waals surface area (Å²) >= 11 is 1.32. The van der Waals surface area contributed by atoms with E-state index in [1.807, 2.05) is 0 Å². The first-order valence-electron chi connectivity index (χ1n) is 4.22. The van der Waals surface area contributed by atoms with Gasteiger partial charge in [0.25, 0.3) is 5.91 Å². The first-order valence-corrected chi connectivity index (χ1v) is 5.10. The SMILES string of the molecule is COc1csc(C(=O)NC[C@H](C)O)c1. The number of nitrogens with one attached hydrogen (secondary N) is 1. The molecule has 0 saturated heterocycles. The summed E-state index contributed by atoms with van der Waals surface area (Å²) in [6.07, 6.45) is -0.527. The van der Waals surface area contributed by atoms with Crippen molar-refractivity contribution in [1.82, 2.24) is 5.32 Å². The molecule has 2 N–H and O–H groups in total. The Balaban J connectivity index is 2.52. The molecular weight excluding hydrogens is 202 g/mol. The van der Waals surface area contributed by atoms with Crippen molar-refractivity contribution in [2.45, 2.75) is 13.0 Å². The molecule has 0 aliphatic heterocycles. The normalized spacial score (nSPS) is 12.2. The maximum atomic E-state index is 11.4. The third-order valence-electron chi connectivity index (χ3n) is 1.59. The highest BCUT2D eigenvalue weighted by Gasteiger charge is 2.09. The summed E-state index contributed by atoms with van der Waals surface area (Å²) in [5.41, 5.74) is 0. The number of methoxy groups -OCH3 is 1. The van der Waals surface area contributed by atoms with E-state index in [4.69, 9.17) is 9.84 Å². The van der Waals surface area contributed by atoms with Gasteiger partial charge in [-0.2, -0.15) is 0 Å². The molecule has 1 aromatic heterocycles. The van der Waals surface area contributed by atoms with Crippen LogP contribution in [0.4, 0.5) is 0 Å². The fourth-order valence-corrected chi connectivity index (χ4v) is 1.64. The fraction of sp³-hybridized carbons (Fsp3) is 0.444. The van der Waals surface area contributed by atoms with Crippen LogP contribution < -0.4 is 10.1 Å². The molecule has 1 heterocycles. The summed E-state index contributed by atoms with van der Waals surface area (Å²) in [6.45, 7) is 1.88. The maximum Gasteiger partial charge on any atom is 0.261 e. The van der Waals surface area contributed by atoms with Crippen molar-refractivity contribution < 1.29 is 14.6 Å². The van der Waals surface area contributed by atoms with Crippen LogP contribution in [-0.4, -0.2) is 30.8 Å². The molecule has 78 valence electrons. The summed E-state index contributed by atoms with van der Waals surface area (Å²) < 4.78 is 4.95. The Morgan fingerprint density at radius 2 is 2.50 bits per heavy atom. The second-order valence-corrected chi connectivity index (χ2v) is 3.82. The van der Waals surface area contributed by atoms with Crippen LogP contribution in [0.2, 0.25) is 0 Å². The highest BCUT2D eigenvalue weighted by Crippen LogP contribution is 2.20. The summed E-state index contributed by atoms with van der Waals surface area (Å²) in [7, 11) is 1.56. The average molecular weight is 215 g/mol. The van der Waals surface area contributed by atoms with E-state index < -0.39 is 6.10 Å². The predicted molar refractivity (Wildman–Crippen MR) is 54.9 cm³/mol. The van der Waals surface area contributed by atoms with Gasteiger partial charge in [0.1, 0.15) is 5.75 Å². The van der Waals surface area contributed by atoms with Gasteiger partial charge in [-0.15, -0.1) is 11.3 Å². The standard InChI is InChI=1S/C9H13NO3S/c1-6(11)4-10-9(12)8-3-7(13-2)5-14-8/h3,5-6,11H,4H2,1-2H3,(H,10,12)/t6-/m0/s1. The number of amides is 1. The summed E-state index contributed by atoms with van der Waals surface area (Å²) in [4.78, 5) is 12.0. The van der Waals surface area contributed by atoms with Crippen LogP contribution in [0.5, 0.6) is 5.75 Å². The molecule has 0 unspecified atom stereocenters. The van der Waals surface area contributed by atoms with Gasteiger partial charge in [-0.25, -0.2) is 0 Å². The van der Waals surface area contributed by atoms with Crippen molar-refractivity contribution in [2.75, 3.05) is 13.7 Å². The minimum Gasteiger partial charge on any atom is -0.496 e. The Hall–Kier alpha value is -1.07. The van der Waals surface area contributed by atoms with Gasteiger partial charge >= 0.3 is 0 Å². The van der Waals surface area contributed by atoms with Crippen LogP contribution >= 0.6 is 11.3 Å². The number of ether oxygens (including phenoxy) is 1. The zero-order valence-electron chi connectivity index (χ0n) is 8.11. The number of thiophene rings is 1. The molecule has 0 spiro atoms. The van der Waals surface area contributed by atoms with Gasteiger partial charge in [0.15, 0.2) is 0 Å². The molecule has 0 radical (unpaired) electrons. The van der Waals surface area contributed by atoms with Crippen molar-refractivity contribution in [2.24, 2.45) is 0 Å². The Morgan fingerprint density at radius 3 is 3.00 bits per heavy atom. The lowest BCUT2D eigenvalue weighted by Crippen LogP contribution is -2.29. The minimum absolute atomic E-state index is 0.181. The summed E-state index contributed by atoms with van der Waals surface area (Å²) in [5.74, 6) is 0.497. The van der Waals surface area contributed by atoms with Gasteiger partial charge in [0.05, 0.1) is 18.1 Å². The van der Waals surface area contributed by atoms with Crippen LogP contribution in [0.3, 0.4) is 0 Å². The molecule has 4 nitrogen and oxygen atoms in total. The lowest BCUT2D eigenvalue weighted by molar-refractivity contribution is 0.0928. The van der Waals surface area contributed by atoms with Gasteiger partial charge in [-0.1, -0.05) is 0 Å². The van der Waals surface area contributed by atoms with E-state index in [0.717, 1.165) is 0 Å². The molecule has 0 aliphatic carbocycles. The Kier molecular flexibility index (Phi) is 3.91. The number of aliphatic hydroxyl groups excluding tert-OH is 1. The Bertz CT molecular complexity index is 309. The van der Waals surface area contributed by atoms with E-state index in [1.165, 1.54) is 11.3 Å². The maximum absolute atomic E-state index is 11.4. The van der Waals surface area contributed by atoms with E-state index >= 15 is 0 Å². The summed E-state index contributed by atoms with van der Waals surface area (Å²) in [5, 5.41) is 13.3. The number of aliphatic hydroxyl groups is 1. The predicted octanol–water partition coefficient (Wildman–Crippen LogP) is 0.867. The zero-order valence-corrected chi connectivity index (χ0v) is 8.93. The monoisotopic (exact) mass is 215 g/mol. The van der Waals surface area contributed by atoms with Crippen LogP contribution in [0.15, 0.2) is 11.4 Å². The minimum atomic E-state index is -0.527. The quantitative estimate of drug-likeness (QED) is 0.783. The van der Waals surface area contributed by atoms with Gasteiger partial charge in [-0.3, -0.25) is 4.79 Å². The topological polar surface area (TPSA) is 58.6 Å². The third-order valence-corrected chi connectivity index (χ3v) is 2.50. The highest BCUT2D eigenvalue weighted by molar-refractivity contribution is 7.12. The first-order chi connectivity index (χ1) is 6.63. The average Bonchev–Trinajstić information content (AvgIpc) is 2.62. The largest absolute Gasteiger partial charge is 0.496 e. The number of hydrogen-bond donors (Lipinski definition) is 2. The Labute approximate surface area is 86.5 Å². The lowest BCUT2D eigenvalue weighted by atomic mass is 10.4. The second-order valence-electron chi connectivity index (χ2n) is 2.91. The van der Waals surface area contributed by atoms with Gasteiger partial charge < -0.3 is 15.2 Å². The molecule has 0 fully saturated rings. The first kappa shape index (κ1) is 11.0. The number of rotatable bonds is 4. The van der Waals surface area contributed by atoms with E-state index in [9.17, 15) is 4.79 Å². The van der Waals surface area contributed by atoms with Gasteiger partial charge in [-0.05, 0) is 6.92 Å². The Morgan fingerprint density at radius 1 is 1.79 bits per heavy atom. The van der Waals surface area contributed by atoms with Crippen molar-refractivity contribution in [3.63, 3.8) is 0 Å². The number of carbonyl (C=O) groups is 1. The van der Waals surface area contributed by atoms with E-state index in [0.29, 0.717) is 10.6 Å². The van der Waals surface area contributed by atoms with E-state index in [2.05, 4.69) is 5.32 Å². The van der Waals surface area contributed by atoms with Gasteiger partial charge in [0.2, 0.25) is 0 Å². The molecule has 1 rings (SSSR count). The molecule has 1 aromatic rings. The molecule has 1 amide bonds. The molecule has 0 bridgehead atoms. The van der Waals surface area contributed by atoms with Crippen molar-refractivity contribution in [3.8, 4) is 5.75 Å². The van der Waals surface area contributed by atoms with Crippen LogP contribution in [0.25, 0.3) is 0 Å². The fourth-order valence-electron chi connectivity index (χ4n) is 0.872. The van der Waals surface area contributed by atoms with Crippen molar-refractivity contribution in [1.29, 1.82) is 0 Å². The number of hydrogen-bond acceptors (Lipinski definition) is 4. The van der Waals surface area contributed by atoms with Crippen LogP contribution in [-0.2, 0) is 0 Å². The van der Waals surface area contributed by atoms with Crippen molar-refractivity contribution in [3.05, 3.63) is 16.3 Å². The van der Waals surface area contributed by atoms with Gasteiger partial charge in [0, 0.05) is 18.0 Å². The number of carbonyl (C=O) groups excluding carboxylic acids is 1. The lowest BCUT2D eigenvalue weighted by Gasteiger charge is -2.04. The van der Waals surface area contributed by atoms with Crippen LogP contribution in [0.1, 0.15) is 16.6 Å².